The average Bonchev–Trinajstić information content (AvgIpc) is 3.38. The second-order valence-electron chi connectivity index (χ2n) is 16.5. The maximum atomic E-state index is 3.68. The lowest BCUT2D eigenvalue weighted by Crippen LogP contribution is -2.37. The minimum Gasteiger partial charge on any atom is -0.355 e. The van der Waals surface area contributed by atoms with E-state index in [1.54, 1.807) is 0 Å². The van der Waals surface area contributed by atoms with Gasteiger partial charge < -0.3 is 10.2 Å². The minimum absolute atomic E-state index is 0.332. The van der Waals surface area contributed by atoms with Crippen LogP contribution in [0.25, 0.3) is 0 Å². The number of para-hydroxylation sites is 4. The van der Waals surface area contributed by atoms with Gasteiger partial charge in [-0.3, -0.25) is 0 Å². The molecule has 0 fully saturated rings. The first-order valence-corrected chi connectivity index (χ1v) is 25.0. The molecule has 0 unspecified atom stereocenters. The van der Waals surface area contributed by atoms with E-state index in [4.69, 9.17) is 0 Å². The smallest absolute Gasteiger partial charge is 0.0742 e. The van der Waals surface area contributed by atoms with Crippen molar-refractivity contribution in [3.63, 3.8) is 0 Å². The summed E-state index contributed by atoms with van der Waals surface area (Å²) in [5.41, 5.74) is 15.4. The molecule has 0 amide bonds. The third-order valence-corrected chi connectivity index (χ3v) is 14.4. The van der Waals surface area contributed by atoms with Gasteiger partial charge in [0.15, 0.2) is 0 Å². The summed E-state index contributed by atoms with van der Waals surface area (Å²) >= 11 is 9.31. The van der Waals surface area contributed by atoms with Gasteiger partial charge in [-0.15, -0.1) is 0 Å². The maximum Gasteiger partial charge on any atom is 0.0742 e. The third-order valence-electron chi connectivity index (χ3n) is 12.7. The van der Waals surface area contributed by atoms with Crippen LogP contribution in [0.4, 0.5) is 28.4 Å². The molecule has 0 saturated heterocycles. The molecule has 0 bridgehead atoms. The zero-order chi connectivity index (χ0) is 45.6. The number of benzene rings is 10. The molecular weight excluding hydrogens is 1060 g/mol. The number of nitrogens with zero attached hydrogens (tertiary/aromatic N) is 1. The summed E-state index contributed by atoms with van der Waals surface area (Å²) in [5.74, 6) is 0. The van der Waals surface area contributed by atoms with Crippen LogP contribution in [0.15, 0.2) is 276 Å². The van der Waals surface area contributed by atoms with Gasteiger partial charge in [0.1, 0.15) is 0 Å². The van der Waals surface area contributed by atoms with Gasteiger partial charge in [0.05, 0.1) is 22.2 Å². The van der Waals surface area contributed by atoms with Crippen LogP contribution in [0.3, 0.4) is 0 Å². The van der Waals surface area contributed by atoms with Gasteiger partial charge in [0, 0.05) is 29.6 Å². The molecule has 0 aliphatic carbocycles. The molecule has 2 aliphatic rings. The highest BCUT2D eigenvalue weighted by Crippen LogP contribution is 2.58. The molecule has 5 heteroatoms. The first-order valence-electron chi connectivity index (χ1n) is 22.3. The molecule has 2 nitrogen and oxygen atoms in total. The van der Waals surface area contributed by atoms with Gasteiger partial charge >= 0.3 is 0 Å². The molecule has 0 atom stereocenters. The quantitative estimate of drug-likeness (QED) is 0.173. The van der Waals surface area contributed by atoms with E-state index in [0.29, 0.717) is 0 Å². The number of nitrogens with one attached hydrogen (secondary N) is 1. The largest absolute Gasteiger partial charge is 0.355 e. The first-order chi connectivity index (χ1) is 33.0. The molecule has 0 aromatic heterocycles. The zero-order valence-corrected chi connectivity index (χ0v) is 41.8. The summed E-state index contributed by atoms with van der Waals surface area (Å²) in [6.45, 7) is 0. The molecular formula is C62H45Br2IN2. The van der Waals surface area contributed by atoms with Gasteiger partial charge in [-0.25, -0.2) is 0 Å². The highest BCUT2D eigenvalue weighted by Gasteiger charge is 2.46. The van der Waals surface area contributed by atoms with E-state index in [9.17, 15) is 0 Å². The van der Waals surface area contributed by atoms with Crippen LogP contribution in [-0.4, -0.2) is 0 Å². The van der Waals surface area contributed by atoms with E-state index in [1.807, 2.05) is 12.1 Å². The topological polar surface area (TPSA) is 15.3 Å². The van der Waals surface area contributed by atoms with Crippen molar-refractivity contribution >= 4 is 82.9 Å². The molecule has 1 N–H and O–H groups in total. The molecule has 10 aromatic rings. The number of rotatable bonds is 5. The highest BCUT2D eigenvalue weighted by molar-refractivity contribution is 14.1. The Morgan fingerprint density at radius 2 is 0.672 bits per heavy atom. The Morgan fingerprint density at radius 1 is 0.328 bits per heavy atom. The van der Waals surface area contributed by atoms with Gasteiger partial charge in [0.2, 0.25) is 0 Å². The Balaban J connectivity index is 0.000000137. The van der Waals surface area contributed by atoms with Crippen molar-refractivity contribution < 1.29 is 0 Å². The molecule has 10 aromatic carbocycles. The van der Waals surface area contributed by atoms with Crippen LogP contribution < -0.4 is 10.2 Å². The molecule has 0 spiro atoms. The second kappa shape index (κ2) is 19.8. The molecule has 12 rings (SSSR count). The second-order valence-corrected chi connectivity index (χ2v) is 19.5. The molecule has 2 aliphatic heterocycles. The lowest BCUT2D eigenvalue weighted by Gasteiger charge is -2.46. The van der Waals surface area contributed by atoms with Crippen molar-refractivity contribution in [2.75, 3.05) is 10.2 Å². The summed E-state index contributed by atoms with van der Waals surface area (Å²) in [6, 6.07) is 95.1. The van der Waals surface area contributed by atoms with E-state index in [1.165, 1.54) is 70.8 Å². The van der Waals surface area contributed by atoms with Gasteiger partial charge in [-0.2, -0.15) is 0 Å². The highest BCUT2D eigenvalue weighted by atomic mass is 127. The van der Waals surface area contributed by atoms with Crippen molar-refractivity contribution in [1.82, 2.24) is 0 Å². The summed E-state index contributed by atoms with van der Waals surface area (Å²) in [7, 11) is 0. The number of halogens is 3. The SMILES string of the molecule is Brc1cccc(I)c1.Brc1cccc(N2c3ccccc3C(c3ccccc3)(c3ccccc3)c3ccccc32)c1.c1ccc(C2(c3ccccc3)c3ccccc3Nc3ccccc32)cc1. The number of anilines is 5. The predicted molar refractivity (Wildman–Crippen MR) is 296 cm³/mol. The number of hydrogen-bond acceptors (Lipinski definition) is 2. The zero-order valence-electron chi connectivity index (χ0n) is 36.5. The maximum absolute atomic E-state index is 3.68. The van der Waals surface area contributed by atoms with E-state index in [0.717, 1.165) is 14.6 Å². The minimum atomic E-state index is -0.418. The summed E-state index contributed by atoms with van der Waals surface area (Å²) < 4.78 is 3.47. The van der Waals surface area contributed by atoms with Crippen molar-refractivity contribution in [2.45, 2.75) is 10.8 Å². The summed E-state index contributed by atoms with van der Waals surface area (Å²) in [4.78, 5) is 2.39. The Morgan fingerprint density at radius 3 is 1.06 bits per heavy atom. The molecule has 0 radical (unpaired) electrons. The van der Waals surface area contributed by atoms with Gasteiger partial charge in [-0.05, 0) is 128 Å². The van der Waals surface area contributed by atoms with Crippen LogP contribution in [0.2, 0.25) is 0 Å². The molecule has 67 heavy (non-hydrogen) atoms. The van der Waals surface area contributed by atoms with Crippen molar-refractivity contribution in [2.24, 2.45) is 0 Å². The van der Waals surface area contributed by atoms with Crippen LogP contribution in [0, 0.1) is 3.57 Å². The number of hydrogen-bond donors (Lipinski definition) is 1. The van der Waals surface area contributed by atoms with Crippen molar-refractivity contribution in [3.8, 4) is 0 Å². The lowest BCUT2D eigenvalue weighted by atomic mass is 9.62. The molecule has 2 heterocycles. The van der Waals surface area contributed by atoms with Crippen molar-refractivity contribution in [3.05, 3.63) is 324 Å². The van der Waals surface area contributed by atoms with Gasteiger partial charge in [0.25, 0.3) is 0 Å². The Hall–Kier alpha value is -6.51. The Bertz CT molecular complexity index is 3080. The monoisotopic (exact) mass is 1100 g/mol. The predicted octanol–water partition coefficient (Wildman–Crippen LogP) is 17.8. The Kier molecular flexibility index (Phi) is 13.1. The van der Waals surface area contributed by atoms with E-state index < -0.39 is 5.41 Å². The Labute approximate surface area is 424 Å². The van der Waals surface area contributed by atoms with E-state index in [2.05, 4.69) is 319 Å². The summed E-state index contributed by atoms with van der Waals surface area (Å²) in [6.07, 6.45) is 0. The van der Waals surface area contributed by atoms with E-state index >= 15 is 0 Å². The fourth-order valence-corrected chi connectivity index (χ4v) is 11.8. The van der Waals surface area contributed by atoms with E-state index in [-0.39, 0.29) is 5.41 Å². The third kappa shape index (κ3) is 8.35. The van der Waals surface area contributed by atoms with Gasteiger partial charge in [-0.1, -0.05) is 238 Å². The fraction of sp³-hybridized carbons (Fsp3) is 0.0323. The fourth-order valence-electron chi connectivity index (χ4n) is 10.1. The first kappa shape index (κ1) is 44.3. The van der Waals surface area contributed by atoms with Crippen molar-refractivity contribution in [1.29, 1.82) is 0 Å². The summed E-state index contributed by atoms with van der Waals surface area (Å²) in [5, 5.41) is 3.63. The normalized spacial score (nSPS) is 13.3. The standard InChI is InChI=1S/C31H22BrN.C25H19N.C6H4BrI/c32-25-16-11-17-26(22-25)33-29-20-9-7-18-27(29)31(23-12-3-1-4-13-23,24-14-5-2-6-15-24)28-19-8-10-21-30(28)33;1-3-11-19(12-4-1)25(20-13-5-2-6-14-20)21-15-7-9-17-23(21)26-24-18-10-8-16-22(24)25;7-5-2-1-3-6(8)4-5/h1-22H;1-18,26H;1-4H. The van der Waals surface area contributed by atoms with Crippen LogP contribution >= 0.6 is 54.5 Å². The van der Waals surface area contributed by atoms with Crippen LogP contribution in [-0.2, 0) is 10.8 Å². The van der Waals surface area contributed by atoms with Crippen LogP contribution in [0.1, 0.15) is 44.5 Å². The average molecular weight is 1100 g/mol. The van der Waals surface area contributed by atoms with Crippen LogP contribution in [0.5, 0.6) is 0 Å². The molecule has 0 saturated carbocycles. The number of fused-ring (bicyclic) bond motifs is 4. The lowest BCUT2D eigenvalue weighted by molar-refractivity contribution is 0.731. The molecule has 324 valence electrons.